The first kappa shape index (κ1) is 15.2. The number of rotatable bonds is 6. The second-order valence-electron chi connectivity index (χ2n) is 4.67. The molecule has 0 aliphatic heterocycles. The van der Waals surface area contributed by atoms with Crippen LogP contribution in [0.1, 0.15) is 31.7 Å². The summed E-state index contributed by atoms with van der Waals surface area (Å²) < 4.78 is 5.76. The van der Waals surface area contributed by atoms with E-state index < -0.39 is 0 Å². The van der Waals surface area contributed by atoms with E-state index >= 15 is 0 Å². The van der Waals surface area contributed by atoms with E-state index in [1.807, 2.05) is 18.2 Å². The van der Waals surface area contributed by atoms with Crippen molar-refractivity contribution in [3.63, 3.8) is 0 Å². The van der Waals surface area contributed by atoms with Crippen molar-refractivity contribution in [2.24, 2.45) is 0 Å². The molecule has 0 saturated carbocycles. The van der Waals surface area contributed by atoms with Gasteiger partial charge in [-0.1, -0.05) is 61.2 Å². The van der Waals surface area contributed by atoms with Gasteiger partial charge in [-0.15, -0.1) is 0 Å². The Kier molecular flexibility index (Phi) is 5.75. The van der Waals surface area contributed by atoms with Gasteiger partial charge in [0.15, 0.2) is 0 Å². The minimum atomic E-state index is 0.430. The fourth-order valence-corrected chi connectivity index (χ4v) is 2.29. The Morgan fingerprint density at radius 2 is 2.00 bits per heavy atom. The third-order valence-electron chi connectivity index (χ3n) is 3.04. The highest BCUT2D eigenvalue weighted by Crippen LogP contribution is 2.34. The molecule has 3 heteroatoms. The van der Waals surface area contributed by atoms with Crippen LogP contribution in [0.4, 0.5) is 0 Å². The van der Waals surface area contributed by atoms with E-state index in [9.17, 15) is 0 Å². The molecule has 0 fully saturated rings. The number of hydrogen-bond donors (Lipinski definition) is 0. The number of unbranched alkanes of at least 4 members (excludes halogenated alkanes) is 2. The molecule has 20 heavy (non-hydrogen) atoms. The molecule has 0 aromatic heterocycles. The summed E-state index contributed by atoms with van der Waals surface area (Å²) in [6.07, 6.45) is 4.72. The lowest BCUT2D eigenvalue weighted by molar-refractivity contribution is 0.481. The quantitative estimate of drug-likeness (QED) is 0.567. The van der Waals surface area contributed by atoms with Crippen molar-refractivity contribution in [2.45, 2.75) is 32.6 Å². The number of ether oxygens (including phenoxy) is 1. The van der Waals surface area contributed by atoms with E-state index in [0.29, 0.717) is 21.5 Å². The molecule has 0 N–H and O–H groups in total. The summed E-state index contributed by atoms with van der Waals surface area (Å²) in [7, 11) is 0. The van der Waals surface area contributed by atoms with Gasteiger partial charge in [-0.2, -0.15) is 0 Å². The lowest BCUT2D eigenvalue weighted by Crippen LogP contribution is -1.89. The van der Waals surface area contributed by atoms with Crippen LogP contribution in [0.25, 0.3) is 0 Å². The van der Waals surface area contributed by atoms with Crippen molar-refractivity contribution in [2.75, 3.05) is 0 Å². The van der Waals surface area contributed by atoms with E-state index in [4.69, 9.17) is 27.9 Å². The molecule has 0 bridgehead atoms. The van der Waals surface area contributed by atoms with Gasteiger partial charge in [0, 0.05) is 6.07 Å². The maximum absolute atomic E-state index is 6.11. The van der Waals surface area contributed by atoms with E-state index in [1.165, 1.54) is 24.8 Å². The molecule has 0 spiro atoms. The molecule has 1 nitrogen and oxygen atoms in total. The largest absolute Gasteiger partial charge is 0.455 e. The molecule has 2 aromatic rings. The van der Waals surface area contributed by atoms with E-state index in [1.54, 1.807) is 12.1 Å². The first-order chi connectivity index (χ1) is 9.70. The van der Waals surface area contributed by atoms with E-state index in [2.05, 4.69) is 19.1 Å². The summed E-state index contributed by atoms with van der Waals surface area (Å²) in [5, 5.41) is 0.919. The van der Waals surface area contributed by atoms with Gasteiger partial charge in [0.25, 0.3) is 0 Å². The predicted octanol–water partition coefficient (Wildman–Crippen LogP) is 6.32. The van der Waals surface area contributed by atoms with Gasteiger partial charge in [-0.05, 0) is 36.6 Å². The van der Waals surface area contributed by atoms with Gasteiger partial charge in [0.05, 0.1) is 5.02 Å². The zero-order valence-corrected chi connectivity index (χ0v) is 13.0. The highest BCUT2D eigenvalue weighted by molar-refractivity contribution is 6.42. The van der Waals surface area contributed by atoms with Crippen molar-refractivity contribution in [1.82, 2.24) is 0 Å². The van der Waals surface area contributed by atoms with Crippen molar-refractivity contribution < 1.29 is 4.74 Å². The molecule has 0 atom stereocenters. The molecule has 0 saturated heterocycles. The van der Waals surface area contributed by atoms with Crippen LogP contribution < -0.4 is 4.74 Å². The Morgan fingerprint density at radius 3 is 2.80 bits per heavy atom. The third kappa shape index (κ3) is 4.16. The maximum Gasteiger partial charge on any atom is 0.147 e. The summed E-state index contributed by atoms with van der Waals surface area (Å²) in [6, 6.07) is 14.4. The Morgan fingerprint density at radius 1 is 1.15 bits per heavy atom. The Hall–Kier alpha value is -1.18. The lowest BCUT2D eigenvalue weighted by atomic mass is 10.1. The average Bonchev–Trinajstić information content (AvgIpc) is 2.45. The van der Waals surface area contributed by atoms with Crippen LogP contribution in [0.3, 0.4) is 0 Å². The van der Waals surface area contributed by atoms with Crippen molar-refractivity contribution in [3.05, 3.63) is 58.1 Å². The molecule has 0 aliphatic rings. The summed E-state index contributed by atoms with van der Waals surface area (Å²) in [5.74, 6) is 1.23. The normalized spacial score (nSPS) is 10.6. The summed E-state index contributed by atoms with van der Waals surface area (Å²) in [6.45, 7) is 2.20. The van der Waals surface area contributed by atoms with Crippen LogP contribution in [0.15, 0.2) is 36.4 Å². The minimum Gasteiger partial charge on any atom is -0.455 e. The molecule has 1 radical (unpaired) electrons. The maximum atomic E-state index is 6.11. The lowest BCUT2D eigenvalue weighted by Gasteiger charge is -2.09. The fourth-order valence-electron chi connectivity index (χ4n) is 1.96. The Labute approximate surface area is 130 Å². The van der Waals surface area contributed by atoms with Crippen LogP contribution in [0, 0.1) is 6.07 Å². The molecular formula is C17H17Cl2O. The third-order valence-corrected chi connectivity index (χ3v) is 3.85. The van der Waals surface area contributed by atoms with Crippen LogP contribution >= 0.6 is 23.2 Å². The number of halogens is 2. The second-order valence-corrected chi connectivity index (χ2v) is 5.46. The Bertz CT molecular complexity index is 567. The topological polar surface area (TPSA) is 9.23 Å². The first-order valence-corrected chi connectivity index (χ1v) is 7.58. The summed E-state index contributed by atoms with van der Waals surface area (Å²) in [4.78, 5) is 0. The number of hydrogen-bond acceptors (Lipinski definition) is 1. The second kappa shape index (κ2) is 7.56. The predicted molar refractivity (Wildman–Crippen MR) is 85.0 cm³/mol. The van der Waals surface area contributed by atoms with E-state index in [0.717, 1.165) is 6.42 Å². The van der Waals surface area contributed by atoms with Crippen molar-refractivity contribution in [3.8, 4) is 11.5 Å². The van der Waals surface area contributed by atoms with Crippen LogP contribution in [0.2, 0.25) is 10.0 Å². The number of benzene rings is 2. The number of aryl methyl sites for hydroxylation is 1. The molecule has 0 unspecified atom stereocenters. The molecule has 0 amide bonds. The first-order valence-electron chi connectivity index (χ1n) is 6.83. The highest BCUT2D eigenvalue weighted by Gasteiger charge is 2.07. The standard InChI is InChI=1S/C17H17Cl2O/c1-2-3-4-7-13-8-5-9-14(12-13)20-16-11-6-10-15(18)17(16)19/h5-6,8,10-12H,2-4,7H2,1H3. The zero-order valence-electron chi connectivity index (χ0n) is 11.5. The smallest absolute Gasteiger partial charge is 0.147 e. The zero-order chi connectivity index (χ0) is 14.4. The van der Waals surface area contributed by atoms with Gasteiger partial charge < -0.3 is 4.74 Å². The fraction of sp³-hybridized carbons (Fsp3) is 0.294. The highest BCUT2D eigenvalue weighted by atomic mass is 35.5. The summed E-state index contributed by atoms with van der Waals surface area (Å²) >= 11 is 12.1. The monoisotopic (exact) mass is 307 g/mol. The van der Waals surface area contributed by atoms with Crippen molar-refractivity contribution >= 4 is 23.2 Å². The molecule has 105 valence electrons. The van der Waals surface area contributed by atoms with Gasteiger partial charge in [-0.25, -0.2) is 0 Å². The summed E-state index contributed by atoms with van der Waals surface area (Å²) in [5.41, 5.74) is 1.25. The van der Waals surface area contributed by atoms with E-state index in [-0.39, 0.29) is 0 Å². The molecule has 2 aromatic carbocycles. The average molecular weight is 308 g/mol. The Balaban J connectivity index is 2.09. The van der Waals surface area contributed by atoms with Gasteiger partial charge in [-0.3, -0.25) is 0 Å². The van der Waals surface area contributed by atoms with Gasteiger partial charge in [0.1, 0.15) is 16.5 Å². The van der Waals surface area contributed by atoms with Crippen LogP contribution in [-0.2, 0) is 6.42 Å². The molecule has 0 heterocycles. The minimum absolute atomic E-state index is 0.430. The molecule has 2 rings (SSSR count). The SMILES string of the molecule is CCCCCc1cc[c]c(Oc2cccc(Cl)c2Cl)c1. The molecular weight excluding hydrogens is 291 g/mol. The van der Waals surface area contributed by atoms with Gasteiger partial charge in [0.2, 0.25) is 0 Å². The van der Waals surface area contributed by atoms with Gasteiger partial charge >= 0.3 is 0 Å². The molecule has 0 aliphatic carbocycles. The van der Waals surface area contributed by atoms with Crippen LogP contribution in [0.5, 0.6) is 11.5 Å². The van der Waals surface area contributed by atoms with Crippen LogP contribution in [-0.4, -0.2) is 0 Å². The van der Waals surface area contributed by atoms with Crippen molar-refractivity contribution in [1.29, 1.82) is 0 Å².